The first kappa shape index (κ1) is 26.3. The van der Waals surface area contributed by atoms with Gasteiger partial charge in [-0.1, -0.05) is 43.2 Å². The predicted octanol–water partition coefficient (Wildman–Crippen LogP) is 7.65. The number of hydrogen-bond acceptors (Lipinski definition) is 4. The molecule has 0 bridgehead atoms. The first-order valence-electron chi connectivity index (χ1n) is 12.9. The van der Waals surface area contributed by atoms with Crippen LogP contribution in [0.25, 0.3) is 21.9 Å². The average molecular weight is 538 g/mol. The molecule has 1 N–H and O–H groups in total. The molecule has 198 valence electrons. The molecule has 2 heterocycles. The van der Waals surface area contributed by atoms with Gasteiger partial charge in [-0.3, -0.25) is 4.90 Å². The van der Waals surface area contributed by atoms with E-state index in [1.807, 2.05) is 42.5 Å². The van der Waals surface area contributed by atoms with E-state index in [1.54, 1.807) is 12.1 Å². The summed E-state index contributed by atoms with van der Waals surface area (Å²) in [6.07, 6.45) is 4.55. The van der Waals surface area contributed by atoms with Crippen molar-refractivity contribution in [1.29, 1.82) is 0 Å². The van der Waals surface area contributed by atoms with E-state index in [4.69, 9.17) is 9.47 Å². The van der Waals surface area contributed by atoms with E-state index in [0.717, 1.165) is 53.3 Å². The fourth-order valence-electron chi connectivity index (χ4n) is 5.56. The molecule has 6 rings (SSSR count). The maximum Gasteiger partial charge on any atom is 0.150 e. The first-order valence-corrected chi connectivity index (χ1v) is 12.9. The molecule has 1 fully saturated rings. The monoisotopic (exact) mass is 537 g/mol. The predicted molar refractivity (Wildman–Crippen MR) is 148 cm³/mol. The summed E-state index contributed by atoms with van der Waals surface area (Å²) in [5, 5.41) is 11.7. The summed E-state index contributed by atoms with van der Waals surface area (Å²) in [7, 11) is 0. The number of likely N-dealkylation sites (tertiary alicyclic amines) is 1. The molecule has 0 saturated carbocycles. The van der Waals surface area contributed by atoms with Gasteiger partial charge in [0, 0.05) is 24.2 Å². The number of phenolic OH excluding ortho intramolecular Hbond substituents is 1. The molecule has 4 nitrogen and oxygen atoms in total. The van der Waals surface area contributed by atoms with E-state index in [1.165, 1.54) is 31.7 Å². The minimum atomic E-state index is -0.683. The van der Waals surface area contributed by atoms with Crippen LogP contribution >= 0.6 is 12.4 Å². The third-order valence-electron chi connectivity index (χ3n) is 7.40. The topological polar surface area (TPSA) is 41.9 Å². The number of benzene rings is 4. The van der Waals surface area contributed by atoms with Gasteiger partial charge in [-0.15, -0.1) is 12.4 Å². The van der Waals surface area contributed by atoms with E-state index < -0.39 is 17.7 Å². The van der Waals surface area contributed by atoms with E-state index >= 15 is 0 Å². The van der Waals surface area contributed by atoms with E-state index in [2.05, 4.69) is 4.90 Å². The van der Waals surface area contributed by atoms with Crippen molar-refractivity contribution >= 4 is 23.2 Å². The lowest BCUT2D eigenvalue weighted by atomic mass is 9.85. The lowest BCUT2D eigenvalue weighted by Gasteiger charge is -2.31. The Bertz CT molecular complexity index is 1440. The van der Waals surface area contributed by atoms with Gasteiger partial charge in [0.05, 0.1) is 5.56 Å². The van der Waals surface area contributed by atoms with Gasteiger partial charge in [-0.25, -0.2) is 8.78 Å². The van der Waals surface area contributed by atoms with Gasteiger partial charge in [-0.05, 0) is 72.1 Å². The summed E-state index contributed by atoms with van der Waals surface area (Å²) in [5.41, 5.74) is 2.53. The molecule has 0 aliphatic carbocycles. The molecule has 1 saturated heterocycles. The van der Waals surface area contributed by atoms with Crippen LogP contribution in [0, 0.1) is 11.6 Å². The van der Waals surface area contributed by atoms with Crippen molar-refractivity contribution in [3.63, 3.8) is 0 Å². The van der Waals surface area contributed by atoms with Crippen molar-refractivity contribution < 1.29 is 23.4 Å². The van der Waals surface area contributed by atoms with Crippen molar-refractivity contribution in [1.82, 2.24) is 4.90 Å². The standard InChI is InChI=1S/C31H29F2NO3.ClH/c32-22-18-27(33)30-26-11-7-21-17-23(35)8-12-25(21)29(26)31(37-28(30)19-22)20-5-9-24(10-6-20)36-16-15-34-13-3-1-2-4-14-34;/h5-12,17-19,31,35H,1-4,13-16H2;1H. The summed E-state index contributed by atoms with van der Waals surface area (Å²) in [5.74, 6) is -0.254. The van der Waals surface area contributed by atoms with Crippen LogP contribution in [0.1, 0.15) is 42.9 Å². The Kier molecular flexibility index (Phi) is 7.73. The highest BCUT2D eigenvalue weighted by Crippen LogP contribution is 2.49. The van der Waals surface area contributed by atoms with E-state index in [9.17, 15) is 13.9 Å². The Labute approximate surface area is 227 Å². The number of ether oxygens (including phenoxy) is 2. The Morgan fingerprint density at radius 3 is 2.42 bits per heavy atom. The Balaban J connectivity index is 0.00000294. The lowest BCUT2D eigenvalue weighted by Crippen LogP contribution is -2.29. The SMILES string of the molecule is Cl.Oc1ccc2c3c(ccc2c1)-c1c(F)cc(F)cc1OC3c1ccc(OCCN2CCCCCC2)cc1. The largest absolute Gasteiger partial charge is 0.508 e. The number of nitrogens with zero attached hydrogens (tertiary/aromatic N) is 1. The summed E-state index contributed by atoms with van der Waals surface area (Å²) >= 11 is 0. The number of hydrogen-bond donors (Lipinski definition) is 1. The van der Waals surface area contributed by atoms with Gasteiger partial charge in [-0.2, -0.15) is 0 Å². The zero-order valence-corrected chi connectivity index (χ0v) is 21.8. The number of fused-ring (bicyclic) bond motifs is 5. The fourth-order valence-corrected chi connectivity index (χ4v) is 5.56. The molecule has 0 spiro atoms. The highest BCUT2D eigenvalue weighted by Gasteiger charge is 2.32. The van der Waals surface area contributed by atoms with Crippen LogP contribution in [-0.2, 0) is 0 Å². The molecule has 38 heavy (non-hydrogen) atoms. The van der Waals surface area contributed by atoms with Gasteiger partial charge in [0.25, 0.3) is 0 Å². The van der Waals surface area contributed by atoms with Crippen molar-refractivity contribution in [3.05, 3.63) is 89.5 Å². The Morgan fingerprint density at radius 1 is 0.895 bits per heavy atom. The zero-order valence-electron chi connectivity index (χ0n) is 21.0. The van der Waals surface area contributed by atoms with Crippen LogP contribution in [-0.4, -0.2) is 36.2 Å². The quantitative estimate of drug-likeness (QED) is 0.284. The third kappa shape index (κ3) is 5.16. The number of rotatable bonds is 5. The van der Waals surface area contributed by atoms with Crippen molar-refractivity contribution in [2.45, 2.75) is 31.8 Å². The third-order valence-corrected chi connectivity index (χ3v) is 7.40. The summed E-state index contributed by atoms with van der Waals surface area (Å²) in [6.45, 7) is 3.81. The second-order valence-electron chi connectivity index (χ2n) is 9.86. The van der Waals surface area contributed by atoms with Crippen LogP contribution in [0.2, 0.25) is 0 Å². The maximum atomic E-state index is 15.0. The minimum Gasteiger partial charge on any atom is -0.508 e. The van der Waals surface area contributed by atoms with Gasteiger partial charge in [0.1, 0.15) is 35.5 Å². The summed E-state index contributed by atoms with van der Waals surface area (Å²) in [4.78, 5) is 2.47. The Morgan fingerprint density at radius 2 is 1.66 bits per heavy atom. The van der Waals surface area contributed by atoms with Crippen molar-refractivity contribution in [2.75, 3.05) is 26.2 Å². The summed E-state index contributed by atoms with van der Waals surface area (Å²) in [6, 6.07) is 18.6. The first-order chi connectivity index (χ1) is 18.1. The van der Waals surface area contributed by atoms with E-state index in [0.29, 0.717) is 12.2 Å². The fraction of sp³-hybridized carbons (Fsp3) is 0.290. The Hall–Kier alpha value is -3.35. The molecule has 1 unspecified atom stereocenters. The molecule has 0 radical (unpaired) electrons. The molecular weight excluding hydrogens is 508 g/mol. The number of phenols is 1. The van der Waals surface area contributed by atoms with E-state index in [-0.39, 0.29) is 29.5 Å². The average Bonchev–Trinajstić information content (AvgIpc) is 3.17. The molecule has 4 aromatic rings. The van der Waals surface area contributed by atoms with Gasteiger partial charge in [0.2, 0.25) is 0 Å². The van der Waals surface area contributed by atoms with Crippen molar-refractivity contribution in [3.8, 4) is 28.4 Å². The van der Waals surface area contributed by atoms with Crippen LogP contribution in [0.5, 0.6) is 17.2 Å². The van der Waals surface area contributed by atoms with Crippen LogP contribution in [0.4, 0.5) is 8.78 Å². The zero-order chi connectivity index (χ0) is 25.4. The second kappa shape index (κ2) is 11.2. The molecule has 7 heteroatoms. The molecule has 1 atom stereocenters. The maximum absolute atomic E-state index is 15.0. The molecule has 2 aliphatic rings. The van der Waals surface area contributed by atoms with Crippen LogP contribution in [0.15, 0.2) is 66.7 Å². The van der Waals surface area contributed by atoms with Gasteiger partial charge in [0.15, 0.2) is 6.10 Å². The highest BCUT2D eigenvalue weighted by molar-refractivity contribution is 5.95. The molecule has 0 aromatic heterocycles. The highest BCUT2D eigenvalue weighted by atomic mass is 35.5. The summed E-state index contributed by atoms with van der Waals surface area (Å²) < 4.78 is 41.4. The lowest BCUT2D eigenvalue weighted by molar-refractivity contribution is 0.213. The van der Waals surface area contributed by atoms with Crippen LogP contribution < -0.4 is 9.47 Å². The molecule has 4 aromatic carbocycles. The molecule has 0 amide bonds. The number of halogens is 3. The molecule has 2 aliphatic heterocycles. The van der Waals surface area contributed by atoms with Gasteiger partial charge >= 0.3 is 0 Å². The minimum absolute atomic E-state index is 0. The number of aromatic hydroxyl groups is 1. The van der Waals surface area contributed by atoms with Gasteiger partial charge < -0.3 is 14.6 Å². The smallest absolute Gasteiger partial charge is 0.150 e. The van der Waals surface area contributed by atoms with Crippen molar-refractivity contribution in [2.24, 2.45) is 0 Å². The second-order valence-corrected chi connectivity index (χ2v) is 9.86. The molecular formula is C31H30ClF2NO3. The normalized spacial score (nSPS) is 17.1. The van der Waals surface area contributed by atoms with Crippen LogP contribution in [0.3, 0.4) is 0 Å².